The molecule has 0 saturated heterocycles. The molecule has 4 amide bonds. The molecule has 9 nitrogen and oxygen atoms in total. The van der Waals surface area contributed by atoms with Crippen molar-refractivity contribution in [1.82, 2.24) is 16.0 Å². The van der Waals surface area contributed by atoms with Crippen LogP contribution in [0, 0.1) is 0 Å². The summed E-state index contributed by atoms with van der Waals surface area (Å²) in [5, 5.41) is 7.61. The van der Waals surface area contributed by atoms with Gasteiger partial charge in [0, 0.05) is 19.4 Å². The van der Waals surface area contributed by atoms with Crippen molar-refractivity contribution in [2.75, 3.05) is 19.6 Å². The average molecular weight is 363 g/mol. The fourth-order valence-corrected chi connectivity index (χ4v) is 2.15. The first kappa shape index (κ1) is 21.1. The molecule has 9 heteroatoms. The molecule has 7 N–H and O–H groups in total. The summed E-state index contributed by atoms with van der Waals surface area (Å²) in [7, 11) is 0. The zero-order chi connectivity index (χ0) is 19.4. The topological polar surface area (TPSA) is 156 Å². The zero-order valence-corrected chi connectivity index (χ0v) is 14.5. The minimum atomic E-state index is -0.812. The molecule has 0 aliphatic carbocycles. The number of hydrogen-bond donors (Lipinski definition) is 5. The van der Waals surface area contributed by atoms with Gasteiger partial charge in [0.1, 0.15) is 6.04 Å². The molecule has 1 rings (SSSR count). The van der Waals surface area contributed by atoms with Crippen molar-refractivity contribution in [3.8, 4) is 0 Å². The first-order valence-electron chi connectivity index (χ1n) is 8.28. The summed E-state index contributed by atoms with van der Waals surface area (Å²) in [5.74, 6) is -1.78. The Morgan fingerprint density at radius 2 is 1.69 bits per heavy atom. The van der Waals surface area contributed by atoms with E-state index in [2.05, 4.69) is 16.0 Å². The van der Waals surface area contributed by atoms with Crippen LogP contribution in [0.3, 0.4) is 0 Å². The van der Waals surface area contributed by atoms with Gasteiger partial charge in [0.15, 0.2) is 0 Å². The standard InChI is InChI=1S/C17H25N5O4/c18-10-15(24)21-11-16(25)22-13(9-12-5-2-1-3-6-12)17(26)20-8-4-7-14(19)23/h1-3,5-6,13H,4,7-11,18H2,(H2,19,23)(H,20,26)(H,21,24)(H,22,25)/t13-/m0/s1. The van der Waals surface area contributed by atoms with Gasteiger partial charge in [-0.05, 0) is 12.0 Å². The summed E-state index contributed by atoms with van der Waals surface area (Å²) in [4.78, 5) is 46.2. The molecule has 1 aromatic carbocycles. The normalized spacial score (nSPS) is 11.3. The van der Waals surface area contributed by atoms with Gasteiger partial charge in [0.25, 0.3) is 0 Å². The fraction of sp³-hybridized carbons (Fsp3) is 0.412. The molecule has 0 saturated carbocycles. The van der Waals surface area contributed by atoms with Gasteiger partial charge in [0.05, 0.1) is 13.1 Å². The number of amides is 4. The maximum absolute atomic E-state index is 12.4. The van der Waals surface area contributed by atoms with Crippen molar-refractivity contribution in [3.05, 3.63) is 35.9 Å². The van der Waals surface area contributed by atoms with Crippen LogP contribution in [0.15, 0.2) is 30.3 Å². The Bertz CT molecular complexity index is 621. The highest BCUT2D eigenvalue weighted by Gasteiger charge is 2.21. The van der Waals surface area contributed by atoms with E-state index in [-0.39, 0.29) is 32.0 Å². The average Bonchev–Trinajstić information content (AvgIpc) is 2.63. The largest absolute Gasteiger partial charge is 0.370 e. The number of carbonyl (C=O) groups is 4. The smallest absolute Gasteiger partial charge is 0.242 e. The number of carbonyl (C=O) groups excluding carboxylic acids is 4. The van der Waals surface area contributed by atoms with Gasteiger partial charge in [-0.15, -0.1) is 0 Å². The second-order valence-electron chi connectivity index (χ2n) is 5.65. The third-order valence-electron chi connectivity index (χ3n) is 3.47. The summed E-state index contributed by atoms with van der Waals surface area (Å²) in [6, 6.07) is 8.39. The molecule has 26 heavy (non-hydrogen) atoms. The van der Waals surface area contributed by atoms with Crippen LogP contribution in [0.2, 0.25) is 0 Å². The third kappa shape index (κ3) is 8.78. The van der Waals surface area contributed by atoms with E-state index in [4.69, 9.17) is 11.5 Å². The highest BCUT2D eigenvalue weighted by Crippen LogP contribution is 2.03. The first-order valence-corrected chi connectivity index (χ1v) is 8.28. The first-order chi connectivity index (χ1) is 12.4. The molecule has 0 aliphatic heterocycles. The molecular formula is C17H25N5O4. The van der Waals surface area contributed by atoms with E-state index < -0.39 is 23.8 Å². The van der Waals surface area contributed by atoms with E-state index in [0.29, 0.717) is 12.8 Å². The monoisotopic (exact) mass is 363 g/mol. The molecule has 1 aromatic rings. The number of nitrogens with one attached hydrogen (secondary N) is 3. The Morgan fingerprint density at radius 1 is 1.00 bits per heavy atom. The molecule has 0 aliphatic rings. The van der Waals surface area contributed by atoms with Crippen LogP contribution < -0.4 is 27.4 Å². The van der Waals surface area contributed by atoms with Crippen LogP contribution in [-0.4, -0.2) is 49.3 Å². The van der Waals surface area contributed by atoms with E-state index >= 15 is 0 Å². The number of nitrogens with two attached hydrogens (primary N) is 2. The van der Waals surface area contributed by atoms with Crippen LogP contribution >= 0.6 is 0 Å². The van der Waals surface area contributed by atoms with Crippen molar-refractivity contribution >= 4 is 23.6 Å². The van der Waals surface area contributed by atoms with E-state index in [9.17, 15) is 19.2 Å². The fourth-order valence-electron chi connectivity index (χ4n) is 2.15. The molecule has 0 spiro atoms. The molecule has 1 atom stereocenters. The SMILES string of the molecule is NCC(=O)NCC(=O)N[C@@H](Cc1ccccc1)C(=O)NCCCC(N)=O. The Kier molecular flexibility index (Phi) is 9.40. The summed E-state index contributed by atoms with van der Waals surface area (Å²) >= 11 is 0. The Balaban J connectivity index is 2.62. The predicted octanol–water partition coefficient (Wildman–Crippen LogP) is -1.83. The lowest BCUT2D eigenvalue weighted by Crippen LogP contribution is -2.51. The van der Waals surface area contributed by atoms with E-state index in [0.717, 1.165) is 5.56 Å². The number of hydrogen-bond acceptors (Lipinski definition) is 5. The summed E-state index contributed by atoms with van der Waals surface area (Å²) in [5.41, 5.74) is 11.1. The molecule has 0 fully saturated rings. The van der Waals surface area contributed by atoms with E-state index in [1.165, 1.54) is 0 Å². The Hall–Kier alpha value is -2.94. The van der Waals surface area contributed by atoms with Crippen molar-refractivity contribution in [1.29, 1.82) is 0 Å². The van der Waals surface area contributed by atoms with E-state index in [1.807, 2.05) is 30.3 Å². The Morgan fingerprint density at radius 3 is 2.31 bits per heavy atom. The molecule has 0 unspecified atom stereocenters. The summed E-state index contributed by atoms with van der Waals surface area (Å²) < 4.78 is 0. The molecule has 0 bridgehead atoms. The molecule has 0 radical (unpaired) electrons. The molecule has 0 heterocycles. The van der Waals surface area contributed by atoms with Gasteiger partial charge in [-0.1, -0.05) is 30.3 Å². The minimum absolute atomic E-state index is 0.168. The van der Waals surface area contributed by atoms with Crippen molar-refractivity contribution in [2.45, 2.75) is 25.3 Å². The van der Waals surface area contributed by atoms with Crippen LogP contribution in [-0.2, 0) is 25.6 Å². The third-order valence-corrected chi connectivity index (χ3v) is 3.47. The summed E-state index contributed by atoms with van der Waals surface area (Å²) in [6.45, 7) is -0.218. The van der Waals surface area contributed by atoms with E-state index in [1.54, 1.807) is 0 Å². The lowest BCUT2D eigenvalue weighted by Gasteiger charge is -2.19. The van der Waals surface area contributed by atoms with Crippen LogP contribution in [0.5, 0.6) is 0 Å². The van der Waals surface area contributed by atoms with Crippen molar-refractivity contribution < 1.29 is 19.2 Å². The second-order valence-corrected chi connectivity index (χ2v) is 5.65. The van der Waals surface area contributed by atoms with Crippen LogP contribution in [0.4, 0.5) is 0 Å². The summed E-state index contributed by atoms with van der Waals surface area (Å²) in [6.07, 6.45) is 0.875. The maximum atomic E-state index is 12.4. The maximum Gasteiger partial charge on any atom is 0.242 e. The predicted molar refractivity (Wildman–Crippen MR) is 95.6 cm³/mol. The van der Waals surface area contributed by atoms with Crippen LogP contribution in [0.25, 0.3) is 0 Å². The molecule has 142 valence electrons. The molecule has 0 aromatic heterocycles. The lowest BCUT2D eigenvalue weighted by atomic mass is 10.1. The quantitative estimate of drug-likeness (QED) is 0.292. The second kappa shape index (κ2) is 11.6. The van der Waals surface area contributed by atoms with Gasteiger partial charge in [-0.25, -0.2) is 0 Å². The van der Waals surface area contributed by atoms with Crippen molar-refractivity contribution in [2.24, 2.45) is 11.5 Å². The van der Waals surface area contributed by atoms with Crippen molar-refractivity contribution in [3.63, 3.8) is 0 Å². The van der Waals surface area contributed by atoms with Crippen LogP contribution in [0.1, 0.15) is 18.4 Å². The minimum Gasteiger partial charge on any atom is -0.370 e. The Labute approximate surface area is 151 Å². The van der Waals surface area contributed by atoms with Gasteiger partial charge in [0.2, 0.25) is 23.6 Å². The van der Waals surface area contributed by atoms with Gasteiger partial charge in [-0.2, -0.15) is 0 Å². The highest BCUT2D eigenvalue weighted by atomic mass is 16.2. The van der Waals surface area contributed by atoms with Gasteiger partial charge < -0.3 is 27.4 Å². The molecular weight excluding hydrogens is 338 g/mol. The number of primary amides is 1. The highest BCUT2D eigenvalue weighted by molar-refractivity contribution is 5.90. The number of rotatable bonds is 11. The van der Waals surface area contributed by atoms with Gasteiger partial charge >= 0.3 is 0 Å². The lowest BCUT2D eigenvalue weighted by molar-refractivity contribution is -0.129. The zero-order valence-electron chi connectivity index (χ0n) is 14.5. The number of benzene rings is 1. The van der Waals surface area contributed by atoms with Gasteiger partial charge in [-0.3, -0.25) is 19.2 Å².